The molecule has 0 radical (unpaired) electrons. The molecule has 0 unspecified atom stereocenters. The summed E-state index contributed by atoms with van der Waals surface area (Å²) in [7, 11) is 0. The van der Waals surface area contributed by atoms with Crippen molar-refractivity contribution in [2.24, 2.45) is 5.10 Å². The van der Waals surface area contributed by atoms with Gasteiger partial charge in [-0.05, 0) is 90.3 Å². The van der Waals surface area contributed by atoms with E-state index in [0.29, 0.717) is 64.1 Å². The summed E-state index contributed by atoms with van der Waals surface area (Å²) in [4.78, 5) is 25.1. The number of carbonyl (C=O) groups excluding carboxylic acids is 2. The van der Waals surface area contributed by atoms with Crippen LogP contribution in [0.2, 0.25) is 0 Å². The summed E-state index contributed by atoms with van der Waals surface area (Å²) < 4.78 is 23.2. The summed E-state index contributed by atoms with van der Waals surface area (Å²) in [5.41, 5.74) is 5.23. The average molecular weight is 611 g/mol. The molecular weight excluding hydrogens is 578 g/mol. The third-order valence-electron chi connectivity index (χ3n) is 5.22. The molecule has 0 aromatic heterocycles. The summed E-state index contributed by atoms with van der Waals surface area (Å²) in [6.07, 6.45) is 3.10. The van der Waals surface area contributed by atoms with Crippen LogP contribution in [0.3, 0.4) is 0 Å². The first-order chi connectivity index (χ1) is 19.3. The van der Waals surface area contributed by atoms with Gasteiger partial charge in [-0.2, -0.15) is 5.10 Å². The first-order valence-electron chi connectivity index (χ1n) is 12.6. The van der Waals surface area contributed by atoms with Gasteiger partial charge in [0.25, 0.3) is 11.8 Å². The molecule has 0 saturated heterocycles. The Kier molecular flexibility index (Phi) is 11.6. The van der Waals surface area contributed by atoms with Crippen LogP contribution >= 0.6 is 15.9 Å². The molecule has 0 fully saturated rings. The molecule has 10 heteroatoms. The van der Waals surface area contributed by atoms with Crippen LogP contribution in [0.1, 0.15) is 35.3 Å². The largest absolute Gasteiger partial charge is 0.490 e. The minimum atomic E-state index is -0.420. The number of carbonyl (C=O) groups is 2. The zero-order valence-corrected chi connectivity index (χ0v) is 24.2. The van der Waals surface area contributed by atoms with E-state index in [0.717, 1.165) is 5.56 Å². The van der Waals surface area contributed by atoms with Gasteiger partial charge in [0, 0.05) is 11.3 Å². The minimum absolute atomic E-state index is 0.211. The third-order valence-corrected chi connectivity index (χ3v) is 5.81. The monoisotopic (exact) mass is 609 g/mol. The van der Waals surface area contributed by atoms with E-state index >= 15 is 0 Å². The van der Waals surface area contributed by atoms with Crippen molar-refractivity contribution in [3.05, 3.63) is 88.4 Å². The highest BCUT2D eigenvalue weighted by Crippen LogP contribution is 2.36. The van der Waals surface area contributed by atoms with E-state index in [2.05, 4.69) is 38.4 Å². The number of aryl methyl sites for hydroxylation is 1. The zero-order chi connectivity index (χ0) is 28.9. The number of amides is 2. The Morgan fingerprint density at radius 2 is 1.73 bits per heavy atom. The second-order valence-corrected chi connectivity index (χ2v) is 9.22. The van der Waals surface area contributed by atoms with E-state index in [9.17, 15) is 9.59 Å². The van der Waals surface area contributed by atoms with Gasteiger partial charge in [0.2, 0.25) is 0 Å². The maximum Gasteiger partial charge on any atom is 0.271 e. The number of nitrogens with one attached hydrogen (secondary N) is 2. The average Bonchev–Trinajstić information content (AvgIpc) is 2.92. The van der Waals surface area contributed by atoms with Gasteiger partial charge in [0.1, 0.15) is 6.61 Å². The Balaban J connectivity index is 1.67. The van der Waals surface area contributed by atoms with Crippen LogP contribution in [0.5, 0.6) is 23.0 Å². The van der Waals surface area contributed by atoms with E-state index in [1.165, 1.54) is 6.21 Å². The van der Waals surface area contributed by atoms with Crippen molar-refractivity contribution in [2.75, 3.05) is 31.7 Å². The van der Waals surface area contributed by atoms with Gasteiger partial charge in [0.15, 0.2) is 29.6 Å². The van der Waals surface area contributed by atoms with E-state index in [-0.39, 0.29) is 12.5 Å². The molecule has 0 heterocycles. The molecule has 0 spiro atoms. The van der Waals surface area contributed by atoms with Crippen molar-refractivity contribution >= 4 is 39.6 Å². The molecule has 210 valence electrons. The van der Waals surface area contributed by atoms with Crippen LogP contribution in [0, 0.1) is 6.92 Å². The van der Waals surface area contributed by atoms with Crippen molar-refractivity contribution in [3.8, 4) is 23.0 Å². The van der Waals surface area contributed by atoms with E-state index in [4.69, 9.17) is 18.9 Å². The highest BCUT2D eigenvalue weighted by molar-refractivity contribution is 9.10. The quantitative estimate of drug-likeness (QED) is 0.134. The highest BCUT2D eigenvalue weighted by Gasteiger charge is 2.15. The molecule has 0 bridgehead atoms. The molecule has 0 saturated carbocycles. The van der Waals surface area contributed by atoms with E-state index in [1.54, 1.807) is 36.4 Å². The lowest BCUT2D eigenvalue weighted by molar-refractivity contribution is -0.118. The molecule has 0 aliphatic rings. The molecular formula is C30H32BrN3O6. The predicted molar refractivity (Wildman–Crippen MR) is 159 cm³/mol. The molecule has 3 rings (SSSR count). The maximum atomic E-state index is 12.7. The van der Waals surface area contributed by atoms with E-state index in [1.807, 2.05) is 45.0 Å². The minimum Gasteiger partial charge on any atom is -0.490 e. The number of benzene rings is 3. The second-order valence-electron chi connectivity index (χ2n) is 8.36. The standard InChI is InChI=1S/C30H32BrN3O6/c1-5-13-39-25-12-11-22(17-26(25)37-6-2)30(36)34-32-18-21-15-24(31)29(27(16-21)38-7-3)40-19-28(35)33-23-10-8-9-20(4)14-23/h5,8-12,14-18H,1,6-7,13,19H2,2-4H3,(H,33,35)(H,34,36)/b32-18+. The lowest BCUT2D eigenvalue weighted by atomic mass is 10.2. The molecule has 2 N–H and O–H groups in total. The second kappa shape index (κ2) is 15.3. The number of hydrogen-bond donors (Lipinski definition) is 2. The zero-order valence-electron chi connectivity index (χ0n) is 22.7. The van der Waals surface area contributed by atoms with Gasteiger partial charge in [-0.3, -0.25) is 9.59 Å². The molecule has 0 aliphatic heterocycles. The fraction of sp³-hybridized carbons (Fsp3) is 0.233. The van der Waals surface area contributed by atoms with Crippen molar-refractivity contribution < 1.29 is 28.5 Å². The Hall–Kier alpha value is -4.31. The Bertz CT molecular complexity index is 1380. The molecule has 2 amide bonds. The molecule has 40 heavy (non-hydrogen) atoms. The summed E-state index contributed by atoms with van der Waals surface area (Å²) in [5, 5.41) is 6.88. The molecule has 0 aliphatic carbocycles. The van der Waals surface area contributed by atoms with Gasteiger partial charge in [-0.15, -0.1) is 0 Å². The topological polar surface area (TPSA) is 107 Å². The van der Waals surface area contributed by atoms with Crippen LogP contribution < -0.4 is 29.7 Å². The summed E-state index contributed by atoms with van der Waals surface area (Å²) >= 11 is 3.48. The smallest absolute Gasteiger partial charge is 0.271 e. The first-order valence-corrected chi connectivity index (χ1v) is 13.4. The number of nitrogens with zero attached hydrogens (tertiary/aromatic N) is 1. The normalized spacial score (nSPS) is 10.6. The predicted octanol–water partition coefficient (Wildman–Crippen LogP) is 5.90. The third kappa shape index (κ3) is 8.88. The number of halogens is 1. The van der Waals surface area contributed by atoms with E-state index < -0.39 is 5.91 Å². The van der Waals surface area contributed by atoms with Gasteiger partial charge in [-0.1, -0.05) is 24.8 Å². The Morgan fingerprint density at radius 3 is 2.45 bits per heavy atom. The summed E-state index contributed by atoms with van der Waals surface area (Å²) in [6.45, 7) is 10.2. The number of hydrogen-bond acceptors (Lipinski definition) is 7. The Morgan fingerprint density at radius 1 is 0.950 bits per heavy atom. The SMILES string of the molecule is C=CCOc1ccc(C(=O)N/N=C/c2cc(Br)c(OCC(=O)Nc3cccc(C)c3)c(OCC)c2)cc1OCC. The number of ether oxygens (including phenoxy) is 4. The van der Waals surface area contributed by atoms with Crippen molar-refractivity contribution in [2.45, 2.75) is 20.8 Å². The van der Waals surface area contributed by atoms with Crippen molar-refractivity contribution in [1.82, 2.24) is 5.43 Å². The van der Waals surface area contributed by atoms with Gasteiger partial charge in [-0.25, -0.2) is 5.43 Å². The van der Waals surface area contributed by atoms with Crippen LogP contribution in [0.15, 0.2) is 76.8 Å². The fourth-order valence-electron chi connectivity index (χ4n) is 3.54. The highest BCUT2D eigenvalue weighted by atomic mass is 79.9. The van der Waals surface area contributed by atoms with Gasteiger partial charge < -0.3 is 24.3 Å². The van der Waals surface area contributed by atoms with Crippen molar-refractivity contribution in [1.29, 1.82) is 0 Å². The summed E-state index contributed by atoms with van der Waals surface area (Å²) in [6, 6.07) is 15.8. The fourth-order valence-corrected chi connectivity index (χ4v) is 4.11. The lowest BCUT2D eigenvalue weighted by Crippen LogP contribution is -2.20. The van der Waals surface area contributed by atoms with Crippen molar-refractivity contribution in [3.63, 3.8) is 0 Å². The molecule has 0 atom stereocenters. The van der Waals surface area contributed by atoms with Gasteiger partial charge in [0.05, 0.1) is 23.9 Å². The number of rotatable bonds is 14. The van der Waals surface area contributed by atoms with Crippen LogP contribution in [-0.4, -0.2) is 44.5 Å². The summed E-state index contributed by atoms with van der Waals surface area (Å²) in [5.74, 6) is 1.05. The van der Waals surface area contributed by atoms with Gasteiger partial charge >= 0.3 is 0 Å². The van der Waals surface area contributed by atoms with Crippen LogP contribution in [0.4, 0.5) is 5.69 Å². The lowest BCUT2D eigenvalue weighted by Gasteiger charge is -2.14. The molecule has 3 aromatic carbocycles. The van der Waals surface area contributed by atoms with Crippen LogP contribution in [0.25, 0.3) is 0 Å². The molecule has 3 aromatic rings. The number of anilines is 1. The maximum absolute atomic E-state index is 12.7. The molecule has 9 nitrogen and oxygen atoms in total. The Labute approximate surface area is 242 Å². The van der Waals surface area contributed by atoms with Crippen LogP contribution in [-0.2, 0) is 4.79 Å². The number of hydrazone groups is 1. The first kappa shape index (κ1) is 30.2.